The number of nitrogens with zero attached hydrogens (tertiary/aromatic N) is 2. The standard InChI is InChI=1S/C12H18N4O/c13-7-11(9-3-1-2-4-9)16-12(17)10-5-6-14-15-8-10/h5-6,8-9,11H,1-4,7,13H2,(H,16,17). The lowest BCUT2D eigenvalue weighted by Gasteiger charge is -2.22. The number of rotatable bonds is 4. The van der Waals surface area contributed by atoms with Crippen LogP contribution in [0.1, 0.15) is 36.0 Å². The van der Waals surface area contributed by atoms with Crippen LogP contribution >= 0.6 is 0 Å². The fourth-order valence-electron chi connectivity index (χ4n) is 2.41. The lowest BCUT2D eigenvalue weighted by molar-refractivity contribution is 0.0923. The molecule has 0 saturated heterocycles. The van der Waals surface area contributed by atoms with E-state index in [-0.39, 0.29) is 11.9 Å². The molecule has 0 aromatic carbocycles. The molecule has 1 heterocycles. The molecule has 0 spiro atoms. The topological polar surface area (TPSA) is 80.9 Å². The van der Waals surface area contributed by atoms with Crippen molar-refractivity contribution in [3.05, 3.63) is 24.0 Å². The zero-order valence-corrected chi connectivity index (χ0v) is 9.80. The monoisotopic (exact) mass is 234 g/mol. The normalized spacial score (nSPS) is 17.9. The van der Waals surface area contributed by atoms with Crippen molar-refractivity contribution in [1.29, 1.82) is 0 Å². The molecule has 1 unspecified atom stereocenters. The number of hydrogen-bond acceptors (Lipinski definition) is 4. The van der Waals surface area contributed by atoms with Crippen LogP contribution in [0.15, 0.2) is 18.5 Å². The number of aromatic nitrogens is 2. The number of carbonyl (C=O) groups is 1. The molecule has 5 nitrogen and oxygen atoms in total. The Kier molecular flexibility index (Phi) is 4.03. The first-order valence-electron chi connectivity index (χ1n) is 6.09. The van der Waals surface area contributed by atoms with Gasteiger partial charge in [-0.3, -0.25) is 4.79 Å². The second-order valence-electron chi connectivity index (χ2n) is 4.49. The van der Waals surface area contributed by atoms with E-state index >= 15 is 0 Å². The van der Waals surface area contributed by atoms with Crippen molar-refractivity contribution in [3.63, 3.8) is 0 Å². The summed E-state index contributed by atoms with van der Waals surface area (Å²) in [5, 5.41) is 10.3. The van der Waals surface area contributed by atoms with Crippen LogP contribution in [0.2, 0.25) is 0 Å². The second kappa shape index (κ2) is 5.72. The Balaban J connectivity index is 1.96. The smallest absolute Gasteiger partial charge is 0.253 e. The summed E-state index contributed by atoms with van der Waals surface area (Å²) >= 11 is 0. The largest absolute Gasteiger partial charge is 0.348 e. The second-order valence-corrected chi connectivity index (χ2v) is 4.49. The minimum Gasteiger partial charge on any atom is -0.348 e. The molecule has 17 heavy (non-hydrogen) atoms. The predicted octanol–water partition coefficient (Wildman–Crippen LogP) is 0.724. The molecule has 1 aliphatic carbocycles. The predicted molar refractivity (Wildman–Crippen MR) is 64.3 cm³/mol. The summed E-state index contributed by atoms with van der Waals surface area (Å²) in [5.74, 6) is 0.418. The number of hydrogen-bond donors (Lipinski definition) is 2. The average Bonchev–Trinajstić information content (AvgIpc) is 2.90. The molecule has 1 amide bonds. The quantitative estimate of drug-likeness (QED) is 0.804. The SMILES string of the molecule is NCC(NC(=O)c1ccnnc1)C1CCCC1. The summed E-state index contributed by atoms with van der Waals surface area (Å²) in [7, 11) is 0. The maximum absolute atomic E-state index is 11.9. The Morgan fingerprint density at radius 3 is 2.82 bits per heavy atom. The molecule has 1 aliphatic rings. The van der Waals surface area contributed by atoms with Crippen LogP contribution < -0.4 is 11.1 Å². The third-order valence-electron chi connectivity index (χ3n) is 3.39. The van der Waals surface area contributed by atoms with Gasteiger partial charge in [0.25, 0.3) is 5.91 Å². The van der Waals surface area contributed by atoms with Gasteiger partial charge in [0.15, 0.2) is 0 Å². The van der Waals surface area contributed by atoms with E-state index in [1.165, 1.54) is 25.2 Å². The Bertz CT molecular complexity index is 362. The third kappa shape index (κ3) is 3.00. The first-order valence-corrected chi connectivity index (χ1v) is 6.09. The lowest BCUT2D eigenvalue weighted by Crippen LogP contribution is -2.44. The Morgan fingerprint density at radius 1 is 1.47 bits per heavy atom. The molecular formula is C12H18N4O. The summed E-state index contributed by atoms with van der Waals surface area (Å²) in [4.78, 5) is 11.9. The van der Waals surface area contributed by atoms with Gasteiger partial charge in [-0.05, 0) is 24.8 Å². The average molecular weight is 234 g/mol. The van der Waals surface area contributed by atoms with Crippen molar-refractivity contribution in [2.75, 3.05) is 6.54 Å². The molecule has 2 rings (SSSR count). The molecule has 0 aliphatic heterocycles. The van der Waals surface area contributed by atoms with E-state index in [0.29, 0.717) is 18.0 Å². The van der Waals surface area contributed by atoms with E-state index in [1.54, 1.807) is 6.07 Å². The molecule has 0 bridgehead atoms. The molecule has 92 valence electrons. The van der Waals surface area contributed by atoms with Crippen LogP contribution in [-0.2, 0) is 0 Å². The van der Waals surface area contributed by atoms with Crippen molar-refractivity contribution >= 4 is 5.91 Å². The highest BCUT2D eigenvalue weighted by atomic mass is 16.1. The van der Waals surface area contributed by atoms with Crippen LogP contribution in [-0.4, -0.2) is 28.7 Å². The number of nitrogens with two attached hydrogens (primary N) is 1. The van der Waals surface area contributed by atoms with Crippen molar-refractivity contribution in [2.24, 2.45) is 11.7 Å². The van der Waals surface area contributed by atoms with E-state index in [1.807, 2.05) is 0 Å². The highest BCUT2D eigenvalue weighted by Crippen LogP contribution is 2.27. The molecule has 1 atom stereocenters. The van der Waals surface area contributed by atoms with E-state index in [4.69, 9.17) is 5.73 Å². The minimum absolute atomic E-state index is 0.0816. The van der Waals surface area contributed by atoms with Crippen LogP contribution in [0, 0.1) is 5.92 Å². The van der Waals surface area contributed by atoms with Crippen molar-refractivity contribution < 1.29 is 4.79 Å². The molecule has 3 N–H and O–H groups in total. The molecule has 1 saturated carbocycles. The number of nitrogens with one attached hydrogen (secondary N) is 1. The first-order chi connectivity index (χ1) is 8.31. The van der Waals surface area contributed by atoms with Crippen molar-refractivity contribution in [2.45, 2.75) is 31.7 Å². The van der Waals surface area contributed by atoms with Crippen molar-refractivity contribution in [1.82, 2.24) is 15.5 Å². The highest BCUT2D eigenvalue weighted by Gasteiger charge is 2.25. The summed E-state index contributed by atoms with van der Waals surface area (Å²) in [5.41, 5.74) is 6.27. The number of carbonyl (C=O) groups excluding carboxylic acids is 1. The first kappa shape index (κ1) is 12.0. The van der Waals surface area contributed by atoms with Crippen molar-refractivity contribution in [3.8, 4) is 0 Å². The number of amides is 1. The zero-order chi connectivity index (χ0) is 12.1. The van der Waals surface area contributed by atoms with Gasteiger partial charge in [0.05, 0.1) is 18.0 Å². The summed E-state index contributed by atoms with van der Waals surface area (Å²) in [6.45, 7) is 0.495. The Hall–Kier alpha value is -1.49. The molecule has 5 heteroatoms. The summed E-state index contributed by atoms with van der Waals surface area (Å²) in [6, 6.07) is 1.74. The van der Waals surface area contributed by atoms with Gasteiger partial charge in [0.2, 0.25) is 0 Å². The molecule has 1 aromatic heterocycles. The summed E-state index contributed by atoms with van der Waals surface area (Å²) < 4.78 is 0. The van der Waals surface area contributed by atoms with Gasteiger partial charge < -0.3 is 11.1 Å². The third-order valence-corrected chi connectivity index (χ3v) is 3.39. The molecule has 0 radical (unpaired) electrons. The van der Waals surface area contributed by atoms with Crippen LogP contribution in [0.3, 0.4) is 0 Å². The zero-order valence-electron chi connectivity index (χ0n) is 9.80. The lowest BCUT2D eigenvalue weighted by atomic mass is 9.98. The van der Waals surface area contributed by atoms with Gasteiger partial charge in [-0.15, -0.1) is 0 Å². The van der Waals surface area contributed by atoms with E-state index in [9.17, 15) is 4.79 Å². The van der Waals surface area contributed by atoms with Gasteiger partial charge in [0.1, 0.15) is 0 Å². The maximum atomic E-state index is 11.9. The molecule has 1 fully saturated rings. The van der Waals surface area contributed by atoms with Gasteiger partial charge in [-0.1, -0.05) is 12.8 Å². The summed E-state index contributed by atoms with van der Waals surface area (Å²) in [6.07, 6.45) is 7.80. The van der Waals surface area contributed by atoms with Gasteiger partial charge in [-0.2, -0.15) is 10.2 Å². The Morgan fingerprint density at radius 2 is 2.24 bits per heavy atom. The van der Waals surface area contributed by atoms with E-state index in [2.05, 4.69) is 15.5 Å². The minimum atomic E-state index is -0.109. The van der Waals surface area contributed by atoms with E-state index in [0.717, 1.165) is 12.8 Å². The molecule has 1 aromatic rings. The van der Waals surface area contributed by atoms with E-state index < -0.39 is 0 Å². The van der Waals surface area contributed by atoms with Gasteiger partial charge >= 0.3 is 0 Å². The maximum Gasteiger partial charge on any atom is 0.253 e. The van der Waals surface area contributed by atoms with Crippen LogP contribution in [0.25, 0.3) is 0 Å². The highest BCUT2D eigenvalue weighted by molar-refractivity contribution is 5.93. The van der Waals surface area contributed by atoms with Gasteiger partial charge in [-0.25, -0.2) is 0 Å². The van der Waals surface area contributed by atoms with Crippen LogP contribution in [0.4, 0.5) is 0 Å². The molecular weight excluding hydrogens is 216 g/mol. The fourth-order valence-corrected chi connectivity index (χ4v) is 2.41. The Labute approximate surface area is 101 Å². The van der Waals surface area contributed by atoms with Gasteiger partial charge in [0, 0.05) is 12.6 Å². The van der Waals surface area contributed by atoms with Crippen LogP contribution in [0.5, 0.6) is 0 Å². The fraction of sp³-hybridized carbons (Fsp3) is 0.583.